The maximum absolute atomic E-state index is 12.5. The van der Waals surface area contributed by atoms with Gasteiger partial charge in [0.2, 0.25) is 0 Å². The minimum atomic E-state index is 0.0565. The van der Waals surface area contributed by atoms with Crippen molar-refractivity contribution in [2.24, 2.45) is 7.05 Å². The Kier molecular flexibility index (Phi) is 4.04. The average Bonchev–Trinajstić information content (AvgIpc) is 2.87. The predicted molar refractivity (Wildman–Crippen MR) is 82.5 cm³/mol. The van der Waals surface area contributed by atoms with Crippen LogP contribution < -0.4 is 5.32 Å². The molecular weight excluding hydrogens is 280 g/mol. The summed E-state index contributed by atoms with van der Waals surface area (Å²) < 4.78 is 1.65. The first-order chi connectivity index (χ1) is 10.6. The van der Waals surface area contributed by atoms with Crippen LogP contribution in [0.25, 0.3) is 0 Å². The molecule has 0 unspecified atom stereocenters. The maximum atomic E-state index is 12.5. The van der Waals surface area contributed by atoms with Crippen LogP contribution in [-0.4, -0.2) is 49.9 Å². The van der Waals surface area contributed by atoms with Gasteiger partial charge in [0, 0.05) is 32.4 Å². The molecular formula is C15H20N6O. The van der Waals surface area contributed by atoms with Crippen LogP contribution in [0.5, 0.6) is 0 Å². The fraction of sp³-hybridized carbons (Fsp3) is 0.467. The molecule has 7 heteroatoms. The SMILES string of the molecule is Cc1cc(C(=O)N2CCC(Nc3cccnn3)CC2)n(C)n1. The Bertz CT molecular complexity index is 645. The van der Waals surface area contributed by atoms with E-state index in [2.05, 4.69) is 20.6 Å². The topological polar surface area (TPSA) is 75.9 Å². The van der Waals surface area contributed by atoms with Gasteiger partial charge in [0.25, 0.3) is 5.91 Å². The zero-order valence-electron chi connectivity index (χ0n) is 12.9. The Morgan fingerprint density at radius 1 is 1.36 bits per heavy atom. The zero-order chi connectivity index (χ0) is 15.5. The van der Waals surface area contributed by atoms with Gasteiger partial charge >= 0.3 is 0 Å². The first kappa shape index (κ1) is 14.5. The fourth-order valence-electron chi connectivity index (χ4n) is 2.79. The molecule has 1 N–H and O–H groups in total. The summed E-state index contributed by atoms with van der Waals surface area (Å²) in [6.07, 6.45) is 3.46. The van der Waals surface area contributed by atoms with E-state index in [1.54, 1.807) is 10.9 Å². The second-order valence-electron chi connectivity index (χ2n) is 5.61. The highest BCUT2D eigenvalue weighted by atomic mass is 16.2. The summed E-state index contributed by atoms with van der Waals surface area (Å²) in [5.74, 6) is 0.843. The van der Waals surface area contributed by atoms with Crippen molar-refractivity contribution in [3.8, 4) is 0 Å². The highest BCUT2D eigenvalue weighted by Crippen LogP contribution is 2.17. The summed E-state index contributed by atoms with van der Waals surface area (Å²) in [4.78, 5) is 14.4. The van der Waals surface area contributed by atoms with Crippen molar-refractivity contribution in [3.05, 3.63) is 35.8 Å². The molecule has 0 atom stereocenters. The lowest BCUT2D eigenvalue weighted by Crippen LogP contribution is -2.43. The number of piperidine rings is 1. The molecule has 3 heterocycles. The maximum Gasteiger partial charge on any atom is 0.272 e. The van der Waals surface area contributed by atoms with Gasteiger partial charge in [0.1, 0.15) is 11.5 Å². The van der Waals surface area contributed by atoms with Gasteiger partial charge < -0.3 is 10.2 Å². The summed E-state index contributed by atoms with van der Waals surface area (Å²) >= 11 is 0. The van der Waals surface area contributed by atoms with E-state index in [-0.39, 0.29) is 5.91 Å². The number of aromatic nitrogens is 4. The number of aryl methyl sites for hydroxylation is 2. The van der Waals surface area contributed by atoms with Gasteiger partial charge in [-0.05, 0) is 38.0 Å². The number of carbonyl (C=O) groups excluding carboxylic acids is 1. The van der Waals surface area contributed by atoms with Crippen LogP contribution in [0.2, 0.25) is 0 Å². The number of hydrogen-bond donors (Lipinski definition) is 1. The summed E-state index contributed by atoms with van der Waals surface area (Å²) in [6, 6.07) is 5.93. The highest BCUT2D eigenvalue weighted by molar-refractivity contribution is 5.92. The Hall–Kier alpha value is -2.44. The highest BCUT2D eigenvalue weighted by Gasteiger charge is 2.25. The predicted octanol–water partition coefficient (Wildman–Crippen LogP) is 1.24. The lowest BCUT2D eigenvalue weighted by atomic mass is 10.0. The Balaban J connectivity index is 1.57. The lowest BCUT2D eigenvalue weighted by molar-refractivity contribution is 0.0707. The van der Waals surface area contributed by atoms with E-state index in [1.807, 2.05) is 37.1 Å². The van der Waals surface area contributed by atoms with Crippen molar-refractivity contribution < 1.29 is 4.79 Å². The molecule has 3 rings (SSSR count). The molecule has 0 spiro atoms. The third kappa shape index (κ3) is 3.08. The van der Waals surface area contributed by atoms with E-state index in [0.717, 1.165) is 37.4 Å². The van der Waals surface area contributed by atoms with Crippen LogP contribution in [0.4, 0.5) is 5.82 Å². The van der Waals surface area contributed by atoms with E-state index in [9.17, 15) is 4.79 Å². The van der Waals surface area contributed by atoms with E-state index in [4.69, 9.17) is 0 Å². The first-order valence-corrected chi connectivity index (χ1v) is 7.47. The molecule has 1 amide bonds. The van der Waals surface area contributed by atoms with Gasteiger partial charge in [-0.15, -0.1) is 5.10 Å². The lowest BCUT2D eigenvalue weighted by Gasteiger charge is -2.32. The normalized spacial score (nSPS) is 15.8. The molecule has 22 heavy (non-hydrogen) atoms. The molecule has 0 aliphatic carbocycles. The molecule has 0 radical (unpaired) electrons. The monoisotopic (exact) mass is 300 g/mol. The zero-order valence-corrected chi connectivity index (χ0v) is 12.9. The van der Waals surface area contributed by atoms with Crippen LogP contribution in [0.3, 0.4) is 0 Å². The minimum Gasteiger partial charge on any atom is -0.366 e. The number of hydrogen-bond acceptors (Lipinski definition) is 5. The van der Waals surface area contributed by atoms with E-state index >= 15 is 0 Å². The Labute approximate surface area is 129 Å². The van der Waals surface area contributed by atoms with Gasteiger partial charge in [-0.1, -0.05) is 0 Å². The third-order valence-electron chi connectivity index (χ3n) is 3.93. The molecule has 116 valence electrons. The Morgan fingerprint density at radius 2 is 2.14 bits per heavy atom. The second kappa shape index (κ2) is 6.13. The van der Waals surface area contributed by atoms with Crippen molar-refractivity contribution in [2.45, 2.75) is 25.8 Å². The number of likely N-dealkylation sites (tertiary alicyclic amines) is 1. The number of carbonyl (C=O) groups is 1. The average molecular weight is 300 g/mol. The van der Waals surface area contributed by atoms with Crippen LogP contribution in [0, 0.1) is 6.92 Å². The number of anilines is 1. The van der Waals surface area contributed by atoms with E-state index in [1.165, 1.54) is 0 Å². The van der Waals surface area contributed by atoms with Crippen LogP contribution in [-0.2, 0) is 7.05 Å². The molecule has 7 nitrogen and oxygen atoms in total. The minimum absolute atomic E-state index is 0.0565. The fourth-order valence-corrected chi connectivity index (χ4v) is 2.79. The molecule has 2 aromatic rings. The van der Waals surface area contributed by atoms with Crippen molar-refractivity contribution in [1.82, 2.24) is 24.9 Å². The second-order valence-corrected chi connectivity index (χ2v) is 5.61. The number of amides is 1. The molecule has 1 saturated heterocycles. The first-order valence-electron chi connectivity index (χ1n) is 7.47. The van der Waals surface area contributed by atoms with Gasteiger partial charge in [0.05, 0.1) is 5.69 Å². The largest absolute Gasteiger partial charge is 0.366 e. The summed E-state index contributed by atoms with van der Waals surface area (Å²) in [7, 11) is 1.81. The van der Waals surface area contributed by atoms with Crippen molar-refractivity contribution in [3.63, 3.8) is 0 Å². The number of nitrogens with zero attached hydrogens (tertiary/aromatic N) is 5. The molecule has 1 aliphatic rings. The molecule has 0 aromatic carbocycles. The molecule has 0 bridgehead atoms. The van der Waals surface area contributed by atoms with Gasteiger partial charge in [-0.2, -0.15) is 10.2 Å². The quantitative estimate of drug-likeness (QED) is 0.923. The van der Waals surface area contributed by atoms with Crippen LogP contribution >= 0.6 is 0 Å². The number of rotatable bonds is 3. The van der Waals surface area contributed by atoms with E-state index in [0.29, 0.717) is 11.7 Å². The summed E-state index contributed by atoms with van der Waals surface area (Å²) in [5.41, 5.74) is 1.52. The Morgan fingerprint density at radius 3 is 2.73 bits per heavy atom. The van der Waals surface area contributed by atoms with Gasteiger partial charge in [-0.25, -0.2) is 0 Å². The summed E-state index contributed by atoms with van der Waals surface area (Å²) in [5, 5.41) is 15.5. The smallest absolute Gasteiger partial charge is 0.272 e. The van der Waals surface area contributed by atoms with Crippen LogP contribution in [0.1, 0.15) is 29.0 Å². The van der Waals surface area contributed by atoms with Crippen LogP contribution in [0.15, 0.2) is 24.4 Å². The molecule has 2 aromatic heterocycles. The van der Waals surface area contributed by atoms with Gasteiger partial charge in [-0.3, -0.25) is 9.48 Å². The molecule has 0 saturated carbocycles. The summed E-state index contributed by atoms with van der Waals surface area (Å²) in [6.45, 7) is 3.37. The molecule has 1 fully saturated rings. The van der Waals surface area contributed by atoms with Crippen molar-refractivity contribution >= 4 is 11.7 Å². The van der Waals surface area contributed by atoms with Crippen molar-refractivity contribution in [1.29, 1.82) is 0 Å². The molecule has 1 aliphatic heterocycles. The third-order valence-corrected chi connectivity index (χ3v) is 3.93. The van der Waals surface area contributed by atoms with Gasteiger partial charge in [0.15, 0.2) is 0 Å². The van der Waals surface area contributed by atoms with E-state index < -0.39 is 0 Å². The van der Waals surface area contributed by atoms with Crippen molar-refractivity contribution in [2.75, 3.05) is 18.4 Å². The standard InChI is InChI=1S/C15H20N6O/c1-11-10-13(20(2)19-11)15(22)21-8-5-12(6-9-21)17-14-4-3-7-16-18-14/h3-4,7,10,12H,5-6,8-9H2,1-2H3,(H,17,18). The number of nitrogens with one attached hydrogen (secondary N) is 1.